The summed E-state index contributed by atoms with van der Waals surface area (Å²) >= 11 is 0. The van der Waals surface area contributed by atoms with E-state index in [2.05, 4.69) is 47.2 Å². The zero-order valence-corrected chi connectivity index (χ0v) is 16.9. The van der Waals surface area contributed by atoms with E-state index < -0.39 is 0 Å². The van der Waals surface area contributed by atoms with Gasteiger partial charge in [-0.05, 0) is 44.4 Å². The van der Waals surface area contributed by atoms with Crippen LogP contribution in [0.1, 0.15) is 31.4 Å². The second-order valence-electron chi connectivity index (χ2n) is 6.68. The zero-order valence-electron chi connectivity index (χ0n) is 16.1. The molecule has 0 aliphatic carbocycles. The van der Waals surface area contributed by atoms with Crippen molar-refractivity contribution in [3.05, 3.63) is 41.1 Å². The minimum Gasteiger partial charge on any atom is -0.373 e. The number of rotatable bonds is 5. The highest BCUT2D eigenvalue weighted by Gasteiger charge is 2.19. The summed E-state index contributed by atoms with van der Waals surface area (Å²) in [6.07, 6.45) is 2.55. The van der Waals surface area contributed by atoms with Gasteiger partial charge in [0.05, 0.1) is 0 Å². The molecule has 1 atom stereocenters. The van der Waals surface area contributed by atoms with Crippen LogP contribution in [0, 0.1) is 25.2 Å². The van der Waals surface area contributed by atoms with Crippen LogP contribution >= 0.6 is 12.4 Å². The molecule has 0 aromatic heterocycles. The van der Waals surface area contributed by atoms with E-state index in [1.807, 2.05) is 19.9 Å². The average molecular weight is 377 g/mol. The number of benzene rings is 1. The molecule has 6 heteroatoms. The van der Waals surface area contributed by atoms with Gasteiger partial charge in [0.2, 0.25) is 0 Å². The summed E-state index contributed by atoms with van der Waals surface area (Å²) in [6, 6.07) is 8.49. The Labute approximate surface area is 163 Å². The second kappa shape index (κ2) is 10.1. The van der Waals surface area contributed by atoms with Crippen molar-refractivity contribution in [2.24, 2.45) is 0 Å². The maximum Gasteiger partial charge on any atom is 0.263 e. The minimum atomic E-state index is -0.284. The van der Waals surface area contributed by atoms with Crippen molar-refractivity contribution < 1.29 is 4.79 Å². The van der Waals surface area contributed by atoms with Crippen molar-refractivity contribution in [3.8, 4) is 6.07 Å². The third kappa shape index (κ3) is 5.40. The Bertz CT molecular complexity index is 688. The number of anilines is 1. The van der Waals surface area contributed by atoms with Crippen molar-refractivity contribution in [2.75, 3.05) is 31.1 Å². The molecule has 1 aliphatic heterocycles. The first-order valence-corrected chi connectivity index (χ1v) is 8.94. The molecular weight excluding hydrogens is 348 g/mol. The fraction of sp³-hybridized carbons (Fsp3) is 0.500. The molecular formula is C20H29ClN4O. The molecule has 1 aromatic rings. The van der Waals surface area contributed by atoms with Crippen LogP contribution in [-0.2, 0) is 4.79 Å². The van der Waals surface area contributed by atoms with E-state index in [9.17, 15) is 10.1 Å². The van der Waals surface area contributed by atoms with Gasteiger partial charge in [0.1, 0.15) is 11.6 Å². The summed E-state index contributed by atoms with van der Waals surface area (Å²) in [4.78, 5) is 16.6. The van der Waals surface area contributed by atoms with Gasteiger partial charge in [-0.25, -0.2) is 0 Å². The Balaban J connectivity index is 0.00000338. The molecule has 2 rings (SSSR count). The summed E-state index contributed by atoms with van der Waals surface area (Å²) in [7, 11) is 0. The molecule has 1 heterocycles. The molecule has 1 unspecified atom stereocenters. The lowest BCUT2D eigenvalue weighted by Crippen LogP contribution is -2.45. The Morgan fingerprint density at radius 1 is 1.31 bits per heavy atom. The summed E-state index contributed by atoms with van der Waals surface area (Å²) in [5, 5.41) is 12.1. The van der Waals surface area contributed by atoms with Gasteiger partial charge in [-0.15, -0.1) is 12.4 Å². The van der Waals surface area contributed by atoms with Gasteiger partial charge >= 0.3 is 0 Å². The first-order valence-electron chi connectivity index (χ1n) is 8.94. The highest BCUT2D eigenvalue weighted by atomic mass is 35.5. The normalized spacial score (nSPS) is 15.7. The Morgan fingerprint density at radius 3 is 2.54 bits per heavy atom. The average Bonchev–Trinajstić information content (AvgIpc) is 2.62. The van der Waals surface area contributed by atoms with Crippen LogP contribution < -0.4 is 10.2 Å². The van der Waals surface area contributed by atoms with Crippen LogP contribution in [-0.4, -0.2) is 43.0 Å². The third-order valence-electron chi connectivity index (χ3n) is 4.90. The molecule has 26 heavy (non-hydrogen) atoms. The van der Waals surface area contributed by atoms with Crippen molar-refractivity contribution in [1.82, 2.24) is 10.2 Å². The Morgan fingerprint density at radius 2 is 1.96 bits per heavy atom. The van der Waals surface area contributed by atoms with E-state index in [-0.39, 0.29) is 29.9 Å². The second-order valence-corrected chi connectivity index (χ2v) is 6.68. The first kappa shape index (κ1) is 21.9. The number of carbonyl (C=O) groups excluding carboxylic acids is 1. The molecule has 1 amide bonds. The summed E-state index contributed by atoms with van der Waals surface area (Å²) in [5.41, 5.74) is 4.07. The SMILES string of the molecule is CCC(C)NC(=O)/C(C#N)=C\N1CCN(c2cccc(C)c2C)CC1.Cl. The van der Waals surface area contributed by atoms with Gasteiger partial charge in [0, 0.05) is 44.1 Å². The molecule has 1 aliphatic rings. The largest absolute Gasteiger partial charge is 0.373 e. The Hall–Kier alpha value is -2.19. The fourth-order valence-electron chi connectivity index (χ4n) is 2.89. The van der Waals surface area contributed by atoms with E-state index in [4.69, 9.17) is 0 Å². The van der Waals surface area contributed by atoms with Gasteiger partial charge in [-0.1, -0.05) is 19.1 Å². The highest BCUT2D eigenvalue weighted by Crippen LogP contribution is 2.24. The van der Waals surface area contributed by atoms with Crippen LogP contribution in [0.2, 0.25) is 0 Å². The van der Waals surface area contributed by atoms with Crippen LogP contribution in [0.3, 0.4) is 0 Å². The number of amides is 1. The van der Waals surface area contributed by atoms with Crippen molar-refractivity contribution >= 4 is 24.0 Å². The summed E-state index contributed by atoms with van der Waals surface area (Å²) in [5.74, 6) is -0.284. The fourth-order valence-corrected chi connectivity index (χ4v) is 2.89. The molecule has 5 nitrogen and oxygen atoms in total. The summed E-state index contributed by atoms with van der Waals surface area (Å²) in [6.45, 7) is 11.6. The lowest BCUT2D eigenvalue weighted by Gasteiger charge is -2.36. The maximum absolute atomic E-state index is 12.1. The quantitative estimate of drug-likeness (QED) is 0.633. The number of nitrogens with zero attached hydrogens (tertiary/aromatic N) is 3. The number of piperazine rings is 1. The standard InChI is InChI=1S/C20H28N4O.ClH/c1-5-16(3)22-20(25)18(13-21)14-23-9-11-24(12-10-23)19-8-6-7-15(2)17(19)4;/h6-8,14,16H,5,9-12H2,1-4H3,(H,22,25);1H/b18-14-;. The lowest BCUT2D eigenvalue weighted by molar-refractivity contribution is -0.117. The molecule has 1 N–H and O–H groups in total. The van der Waals surface area contributed by atoms with Gasteiger partial charge in [-0.3, -0.25) is 4.79 Å². The number of halogens is 1. The molecule has 0 bridgehead atoms. The van der Waals surface area contributed by atoms with Gasteiger partial charge in [0.15, 0.2) is 0 Å². The monoisotopic (exact) mass is 376 g/mol. The molecule has 1 saturated heterocycles. The van der Waals surface area contributed by atoms with Gasteiger partial charge < -0.3 is 15.1 Å². The molecule has 142 valence electrons. The Kier molecular flexibility index (Phi) is 8.47. The van der Waals surface area contributed by atoms with Crippen molar-refractivity contribution in [3.63, 3.8) is 0 Å². The van der Waals surface area contributed by atoms with E-state index in [0.29, 0.717) is 0 Å². The van der Waals surface area contributed by atoms with E-state index in [1.54, 1.807) is 6.20 Å². The number of nitriles is 1. The third-order valence-corrected chi connectivity index (χ3v) is 4.90. The first-order chi connectivity index (χ1) is 12.0. The van der Waals surface area contributed by atoms with E-state index in [1.165, 1.54) is 16.8 Å². The van der Waals surface area contributed by atoms with Crippen LogP contribution in [0.4, 0.5) is 5.69 Å². The zero-order chi connectivity index (χ0) is 18.4. The van der Waals surface area contributed by atoms with E-state index in [0.717, 1.165) is 32.6 Å². The van der Waals surface area contributed by atoms with Crippen LogP contribution in [0.25, 0.3) is 0 Å². The smallest absolute Gasteiger partial charge is 0.263 e. The van der Waals surface area contributed by atoms with Crippen LogP contribution in [0.15, 0.2) is 30.0 Å². The predicted octanol–water partition coefficient (Wildman–Crippen LogP) is 3.17. The van der Waals surface area contributed by atoms with Crippen LogP contribution in [0.5, 0.6) is 0 Å². The van der Waals surface area contributed by atoms with Crippen molar-refractivity contribution in [2.45, 2.75) is 40.2 Å². The molecule has 0 spiro atoms. The van der Waals surface area contributed by atoms with Gasteiger partial charge in [-0.2, -0.15) is 5.26 Å². The lowest BCUT2D eigenvalue weighted by atomic mass is 10.1. The number of aryl methyl sites for hydroxylation is 1. The summed E-state index contributed by atoms with van der Waals surface area (Å²) < 4.78 is 0. The molecule has 0 radical (unpaired) electrons. The molecule has 1 fully saturated rings. The minimum absolute atomic E-state index is 0. The highest BCUT2D eigenvalue weighted by molar-refractivity contribution is 5.97. The maximum atomic E-state index is 12.1. The topological polar surface area (TPSA) is 59.4 Å². The molecule has 0 saturated carbocycles. The molecule has 1 aromatic carbocycles. The number of hydrogen-bond donors (Lipinski definition) is 1. The number of carbonyl (C=O) groups is 1. The number of hydrogen-bond acceptors (Lipinski definition) is 4. The predicted molar refractivity (Wildman–Crippen MR) is 109 cm³/mol. The number of nitrogens with one attached hydrogen (secondary N) is 1. The van der Waals surface area contributed by atoms with Crippen molar-refractivity contribution in [1.29, 1.82) is 5.26 Å². The van der Waals surface area contributed by atoms with Gasteiger partial charge in [0.25, 0.3) is 5.91 Å². The van der Waals surface area contributed by atoms with E-state index >= 15 is 0 Å².